The summed E-state index contributed by atoms with van der Waals surface area (Å²) < 4.78 is 0. The first-order chi connectivity index (χ1) is 15.1. The minimum Gasteiger partial charge on any atom is -0.311 e. The van der Waals surface area contributed by atoms with Gasteiger partial charge in [0, 0.05) is 35.4 Å². The Morgan fingerprint density at radius 1 is 0.774 bits per heavy atom. The van der Waals surface area contributed by atoms with E-state index >= 15 is 0 Å². The highest BCUT2D eigenvalue weighted by Gasteiger charge is 2.11. The second kappa shape index (κ2) is 9.05. The van der Waals surface area contributed by atoms with Crippen LogP contribution in [0.15, 0.2) is 108 Å². The van der Waals surface area contributed by atoms with Crippen molar-refractivity contribution in [2.24, 2.45) is 4.99 Å². The van der Waals surface area contributed by atoms with Gasteiger partial charge < -0.3 is 4.90 Å². The second-order valence-electron chi connectivity index (χ2n) is 7.08. The molecule has 0 radical (unpaired) electrons. The Hall–Kier alpha value is -4.25. The Labute approximate surface area is 181 Å². The van der Waals surface area contributed by atoms with Gasteiger partial charge in [-0.25, -0.2) is 0 Å². The quantitative estimate of drug-likeness (QED) is 0.194. The van der Waals surface area contributed by atoms with E-state index in [0.717, 1.165) is 28.2 Å². The van der Waals surface area contributed by atoms with E-state index in [9.17, 15) is 10.1 Å². The third kappa shape index (κ3) is 4.67. The van der Waals surface area contributed by atoms with E-state index in [0.29, 0.717) is 5.69 Å². The number of benzene rings is 4. The molecule has 0 N–H and O–H groups in total. The predicted octanol–water partition coefficient (Wildman–Crippen LogP) is 7.12. The summed E-state index contributed by atoms with van der Waals surface area (Å²) in [5.41, 5.74) is 5.70. The molecule has 4 aromatic rings. The van der Waals surface area contributed by atoms with Crippen molar-refractivity contribution in [3.8, 4) is 0 Å². The summed E-state index contributed by atoms with van der Waals surface area (Å²) in [5, 5.41) is 10.9. The number of nitro benzene ring substituents is 1. The van der Waals surface area contributed by atoms with Gasteiger partial charge in [-0.2, -0.15) is 0 Å². The lowest BCUT2D eigenvalue weighted by Crippen LogP contribution is -2.09. The number of aliphatic imine (C=N–C) groups is 1. The van der Waals surface area contributed by atoms with E-state index in [1.165, 1.54) is 12.1 Å². The van der Waals surface area contributed by atoms with Gasteiger partial charge in [0.1, 0.15) is 0 Å². The fourth-order valence-corrected chi connectivity index (χ4v) is 3.35. The maximum atomic E-state index is 10.9. The molecule has 5 heteroatoms. The van der Waals surface area contributed by atoms with Gasteiger partial charge in [0.05, 0.1) is 10.6 Å². The molecule has 4 rings (SSSR count). The van der Waals surface area contributed by atoms with Crippen molar-refractivity contribution in [2.45, 2.75) is 6.92 Å². The number of rotatable bonds is 6. The lowest BCUT2D eigenvalue weighted by atomic mass is 10.1. The summed E-state index contributed by atoms with van der Waals surface area (Å²) in [6, 6.07) is 33.3. The Morgan fingerprint density at radius 2 is 1.32 bits per heavy atom. The summed E-state index contributed by atoms with van der Waals surface area (Å²) in [7, 11) is 0. The van der Waals surface area contributed by atoms with Crippen LogP contribution in [0.25, 0.3) is 0 Å². The number of anilines is 3. The molecular weight excluding hydrogens is 386 g/mol. The number of para-hydroxylation sites is 2. The van der Waals surface area contributed by atoms with Crippen molar-refractivity contribution in [3.05, 3.63) is 124 Å². The Kier molecular flexibility index (Phi) is 5.85. The summed E-state index contributed by atoms with van der Waals surface area (Å²) in [4.78, 5) is 17.2. The molecule has 152 valence electrons. The first kappa shape index (κ1) is 20.0. The molecule has 4 aromatic carbocycles. The summed E-state index contributed by atoms with van der Waals surface area (Å²) in [6.07, 6.45) is 1.77. The van der Waals surface area contributed by atoms with Gasteiger partial charge in [0.15, 0.2) is 0 Å². The van der Waals surface area contributed by atoms with Crippen LogP contribution in [0.5, 0.6) is 0 Å². The lowest BCUT2D eigenvalue weighted by molar-refractivity contribution is -0.384. The molecule has 0 bridgehead atoms. The van der Waals surface area contributed by atoms with Crippen molar-refractivity contribution in [2.75, 3.05) is 4.90 Å². The first-order valence-corrected chi connectivity index (χ1v) is 9.91. The Morgan fingerprint density at radius 3 is 1.84 bits per heavy atom. The third-order valence-corrected chi connectivity index (χ3v) is 4.92. The summed E-state index contributed by atoms with van der Waals surface area (Å²) >= 11 is 0. The maximum Gasteiger partial charge on any atom is 0.269 e. The van der Waals surface area contributed by atoms with E-state index in [2.05, 4.69) is 46.3 Å². The van der Waals surface area contributed by atoms with Crippen molar-refractivity contribution >= 4 is 34.7 Å². The molecule has 0 aromatic heterocycles. The molecule has 0 aliphatic carbocycles. The van der Waals surface area contributed by atoms with Gasteiger partial charge in [-0.15, -0.1) is 0 Å². The summed E-state index contributed by atoms with van der Waals surface area (Å²) in [5.74, 6) is 0. The van der Waals surface area contributed by atoms with Crippen molar-refractivity contribution < 1.29 is 4.92 Å². The molecule has 0 spiro atoms. The van der Waals surface area contributed by atoms with Gasteiger partial charge in [-0.05, 0) is 60.5 Å². The van der Waals surface area contributed by atoms with Crippen molar-refractivity contribution in [1.82, 2.24) is 0 Å². The standard InChI is InChI=1S/C26H21N3O2/c1-20-18-25(29(30)31)16-17-26(20)27-19-21-12-14-24(15-13-21)28(22-8-4-2-5-9-22)23-10-6-3-7-11-23/h2-19H,1H3. The first-order valence-electron chi connectivity index (χ1n) is 9.91. The van der Waals surface area contributed by atoms with Crippen LogP contribution in [-0.4, -0.2) is 11.1 Å². The highest BCUT2D eigenvalue weighted by molar-refractivity contribution is 5.84. The van der Waals surface area contributed by atoms with Crippen LogP contribution >= 0.6 is 0 Å². The molecule has 31 heavy (non-hydrogen) atoms. The minimum atomic E-state index is -0.398. The van der Waals surface area contributed by atoms with Crippen LogP contribution in [0.1, 0.15) is 11.1 Å². The van der Waals surface area contributed by atoms with E-state index in [4.69, 9.17) is 0 Å². The smallest absolute Gasteiger partial charge is 0.269 e. The molecule has 0 atom stereocenters. The fourth-order valence-electron chi connectivity index (χ4n) is 3.35. The highest BCUT2D eigenvalue weighted by atomic mass is 16.6. The molecule has 0 fully saturated rings. The fraction of sp³-hybridized carbons (Fsp3) is 0.0385. The zero-order valence-electron chi connectivity index (χ0n) is 17.1. The monoisotopic (exact) mass is 407 g/mol. The minimum absolute atomic E-state index is 0.0720. The largest absolute Gasteiger partial charge is 0.311 e. The second-order valence-corrected chi connectivity index (χ2v) is 7.08. The van der Waals surface area contributed by atoms with Crippen LogP contribution in [0.4, 0.5) is 28.4 Å². The molecule has 0 aliphatic heterocycles. The normalized spacial score (nSPS) is 10.9. The number of aryl methyl sites for hydroxylation is 1. The predicted molar refractivity (Wildman–Crippen MR) is 126 cm³/mol. The van der Waals surface area contributed by atoms with E-state index < -0.39 is 4.92 Å². The zero-order chi connectivity index (χ0) is 21.6. The Balaban J connectivity index is 1.61. The molecule has 0 aliphatic rings. The number of hydrogen-bond acceptors (Lipinski definition) is 4. The molecule has 0 heterocycles. The average Bonchev–Trinajstić information content (AvgIpc) is 2.81. The van der Waals surface area contributed by atoms with Crippen LogP contribution < -0.4 is 4.90 Å². The van der Waals surface area contributed by atoms with E-state index in [-0.39, 0.29) is 5.69 Å². The molecular formula is C26H21N3O2. The van der Waals surface area contributed by atoms with Crippen LogP contribution in [-0.2, 0) is 0 Å². The Bertz CT molecular complexity index is 1170. The average molecular weight is 407 g/mol. The van der Waals surface area contributed by atoms with Gasteiger partial charge in [0.25, 0.3) is 5.69 Å². The van der Waals surface area contributed by atoms with Crippen molar-refractivity contribution in [3.63, 3.8) is 0 Å². The van der Waals surface area contributed by atoms with Gasteiger partial charge in [-0.3, -0.25) is 15.1 Å². The van der Waals surface area contributed by atoms with Gasteiger partial charge >= 0.3 is 0 Å². The maximum absolute atomic E-state index is 10.9. The number of nitrogens with zero attached hydrogens (tertiary/aromatic N) is 3. The van der Waals surface area contributed by atoms with Crippen LogP contribution in [0.3, 0.4) is 0 Å². The molecule has 5 nitrogen and oxygen atoms in total. The van der Waals surface area contributed by atoms with Gasteiger partial charge in [-0.1, -0.05) is 48.5 Å². The SMILES string of the molecule is Cc1cc([N+](=O)[O-])ccc1N=Cc1ccc(N(c2ccccc2)c2ccccc2)cc1. The number of nitro groups is 1. The molecule has 0 saturated heterocycles. The number of non-ortho nitro benzene ring substituents is 1. The summed E-state index contributed by atoms with van der Waals surface area (Å²) in [6.45, 7) is 1.82. The topological polar surface area (TPSA) is 58.7 Å². The molecule has 0 unspecified atom stereocenters. The van der Waals surface area contributed by atoms with E-state index in [1.807, 2.05) is 55.5 Å². The number of hydrogen-bond donors (Lipinski definition) is 0. The van der Waals surface area contributed by atoms with Gasteiger partial charge in [0.2, 0.25) is 0 Å². The highest BCUT2D eigenvalue weighted by Crippen LogP contribution is 2.34. The van der Waals surface area contributed by atoms with E-state index in [1.54, 1.807) is 12.3 Å². The van der Waals surface area contributed by atoms with Crippen molar-refractivity contribution in [1.29, 1.82) is 0 Å². The molecule has 0 amide bonds. The van der Waals surface area contributed by atoms with Crippen LogP contribution in [0.2, 0.25) is 0 Å². The third-order valence-electron chi connectivity index (χ3n) is 4.92. The lowest BCUT2D eigenvalue weighted by Gasteiger charge is -2.25. The zero-order valence-corrected chi connectivity index (χ0v) is 17.1. The van der Waals surface area contributed by atoms with Crippen LogP contribution in [0, 0.1) is 17.0 Å². The molecule has 0 saturated carbocycles.